The quantitative estimate of drug-likeness (QED) is 0.475. The summed E-state index contributed by atoms with van der Waals surface area (Å²) in [6, 6.07) is 0. The van der Waals surface area contributed by atoms with Crippen LogP contribution in [0.5, 0.6) is 0 Å². The highest BCUT2D eigenvalue weighted by Gasteiger charge is 2.29. The van der Waals surface area contributed by atoms with Crippen LogP contribution in [0.2, 0.25) is 0 Å². The van der Waals surface area contributed by atoms with Crippen LogP contribution in [-0.4, -0.2) is 40.6 Å². The van der Waals surface area contributed by atoms with Crippen molar-refractivity contribution >= 4 is 11.5 Å². The maximum Gasteiger partial charge on any atom is 0.411 e. The van der Waals surface area contributed by atoms with Gasteiger partial charge in [-0.1, -0.05) is 13.8 Å². The average Bonchev–Trinajstić information content (AvgIpc) is 2.65. The van der Waals surface area contributed by atoms with Gasteiger partial charge in [0, 0.05) is 19.5 Å². The topological polar surface area (TPSA) is 82.2 Å². The minimum absolute atomic E-state index is 0.00793. The smallest absolute Gasteiger partial charge is 0.370 e. The summed E-state index contributed by atoms with van der Waals surface area (Å²) in [5, 5.41) is 17.9. The summed E-state index contributed by atoms with van der Waals surface area (Å²) >= 11 is 0. The molecule has 10 heteroatoms. The first-order chi connectivity index (χ1) is 9.63. The van der Waals surface area contributed by atoms with Gasteiger partial charge >= 0.3 is 11.9 Å². The molecular weight excluding hydrogens is 293 g/mol. The summed E-state index contributed by atoms with van der Waals surface area (Å²) < 4.78 is 41.4. The third-order valence-corrected chi connectivity index (χ3v) is 2.58. The molecule has 0 atom stereocenters. The number of aromatic nitrogens is 2. The predicted octanol–water partition coefficient (Wildman–Crippen LogP) is 2.44. The van der Waals surface area contributed by atoms with Gasteiger partial charge in [-0.2, -0.15) is 18.3 Å². The molecule has 1 aromatic rings. The molecule has 0 fully saturated rings. The summed E-state index contributed by atoms with van der Waals surface area (Å²) in [6.07, 6.45) is -4.39. The Bertz CT molecular complexity index is 500. The molecule has 1 heterocycles. The van der Waals surface area contributed by atoms with Crippen LogP contribution in [0.4, 0.5) is 24.7 Å². The molecule has 120 valence electrons. The first-order valence-corrected chi connectivity index (χ1v) is 6.23. The SMILES string of the molecule is CC(C)c1nn(C)c(NCCOCC(F)(F)F)c1[N+](=O)[O-]. The van der Waals surface area contributed by atoms with Crippen LogP contribution in [-0.2, 0) is 11.8 Å². The zero-order chi connectivity index (χ0) is 16.2. The number of alkyl halides is 3. The molecule has 0 aliphatic heterocycles. The average molecular weight is 310 g/mol. The molecule has 21 heavy (non-hydrogen) atoms. The molecule has 0 saturated carbocycles. The van der Waals surface area contributed by atoms with Gasteiger partial charge in [0.25, 0.3) is 0 Å². The van der Waals surface area contributed by atoms with Crippen LogP contribution in [0.15, 0.2) is 0 Å². The molecular formula is C11H17F3N4O3. The highest BCUT2D eigenvalue weighted by molar-refractivity contribution is 5.60. The van der Waals surface area contributed by atoms with Gasteiger partial charge in [-0.3, -0.25) is 10.1 Å². The molecule has 1 N–H and O–H groups in total. The predicted molar refractivity (Wildman–Crippen MR) is 69.3 cm³/mol. The molecule has 0 saturated heterocycles. The van der Waals surface area contributed by atoms with Crippen molar-refractivity contribution < 1.29 is 22.8 Å². The summed E-state index contributed by atoms with van der Waals surface area (Å²) in [5.74, 6) is 0.00735. The number of nitrogens with one attached hydrogen (secondary N) is 1. The minimum Gasteiger partial charge on any atom is -0.370 e. The number of hydrogen-bond acceptors (Lipinski definition) is 5. The number of aryl methyl sites for hydroxylation is 1. The van der Waals surface area contributed by atoms with Crippen LogP contribution in [0, 0.1) is 10.1 Å². The Morgan fingerprint density at radius 3 is 2.57 bits per heavy atom. The molecule has 0 unspecified atom stereocenters. The lowest BCUT2D eigenvalue weighted by Gasteiger charge is -2.09. The normalized spacial score (nSPS) is 12.0. The van der Waals surface area contributed by atoms with Crippen molar-refractivity contribution in [2.45, 2.75) is 25.9 Å². The van der Waals surface area contributed by atoms with Gasteiger partial charge in [0.2, 0.25) is 5.82 Å². The van der Waals surface area contributed by atoms with E-state index >= 15 is 0 Å². The molecule has 0 amide bonds. The zero-order valence-electron chi connectivity index (χ0n) is 11.9. The zero-order valence-corrected chi connectivity index (χ0v) is 11.9. The lowest BCUT2D eigenvalue weighted by molar-refractivity contribution is -0.384. The molecule has 0 aliphatic carbocycles. The Kier molecular flexibility index (Phi) is 5.53. The van der Waals surface area contributed by atoms with Gasteiger partial charge in [-0.25, -0.2) is 4.68 Å². The standard InChI is InChI=1S/C11H17F3N4O3/c1-7(2)8-9(18(19)20)10(17(3)16-8)15-4-5-21-6-11(12,13)14/h7,15H,4-6H2,1-3H3. The van der Waals surface area contributed by atoms with Gasteiger partial charge in [0.15, 0.2) is 0 Å². The molecule has 1 rings (SSSR count). The van der Waals surface area contributed by atoms with E-state index in [1.807, 2.05) is 0 Å². The number of anilines is 1. The first-order valence-electron chi connectivity index (χ1n) is 6.23. The number of nitrogens with zero attached hydrogens (tertiary/aromatic N) is 3. The van der Waals surface area contributed by atoms with Crippen molar-refractivity contribution in [1.82, 2.24) is 9.78 Å². The van der Waals surface area contributed by atoms with Gasteiger partial charge in [-0.05, 0) is 0 Å². The van der Waals surface area contributed by atoms with Crippen molar-refractivity contribution in [3.05, 3.63) is 15.8 Å². The molecule has 0 radical (unpaired) electrons. The molecule has 0 spiro atoms. The van der Waals surface area contributed by atoms with E-state index < -0.39 is 17.7 Å². The number of nitro groups is 1. The third-order valence-electron chi connectivity index (χ3n) is 2.58. The first kappa shape index (κ1) is 17.2. The molecule has 0 aliphatic rings. The van der Waals surface area contributed by atoms with E-state index in [-0.39, 0.29) is 30.6 Å². The Morgan fingerprint density at radius 1 is 1.48 bits per heavy atom. The molecule has 0 aromatic carbocycles. The number of rotatable bonds is 7. The summed E-state index contributed by atoms with van der Waals surface area (Å²) in [5.41, 5.74) is 0.157. The van der Waals surface area contributed by atoms with Crippen LogP contribution in [0.25, 0.3) is 0 Å². The van der Waals surface area contributed by atoms with Crippen molar-refractivity contribution in [1.29, 1.82) is 0 Å². The maximum absolute atomic E-state index is 11.9. The van der Waals surface area contributed by atoms with Crippen LogP contribution in [0.1, 0.15) is 25.5 Å². The fraction of sp³-hybridized carbons (Fsp3) is 0.727. The van der Waals surface area contributed by atoms with E-state index in [0.29, 0.717) is 5.69 Å². The summed E-state index contributed by atoms with van der Waals surface area (Å²) in [4.78, 5) is 10.6. The highest BCUT2D eigenvalue weighted by atomic mass is 19.4. The molecule has 1 aromatic heterocycles. The van der Waals surface area contributed by atoms with Gasteiger partial charge in [0.05, 0.1) is 11.5 Å². The van der Waals surface area contributed by atoms with E-state index in [4.69, 9.17) is 0 Å². The number of halogens is 3. The van der Waals surface area contributed by atoms with Crippen LogP contribution >= 0.6 is 0 Å². The second-order valence-electron chi connectivity index (χ2n) is 4.71. The minimum atomic E-state index is -4.39. The monoisotopic (exact) mass is 310 g/mol. The number of ether oxygens (including phenoxy) is 1. The lowest BCUT2D eigenvalue weighted by Crippen LogP contribution is -2.20. The van der Waals surface area contributed by atoms with E-state index in [1.165, 1.54) is 11.7 Å². The van der Waals surface area contributed by atoms with Crippen molar-refractivity contribution in [2.24, 2.45) is 7.05 Å². The van der Waals surface area contributed by atoms with E-state index in [2.05, 4.69) is 15.2 Å². The van der Waals surface area contributed by atoms with Crippen LogP contribution < -0.4 is 5.32 Å². The Morgan fingerprint density at radius 2 is 2.10 bits per heavy atom. The fourth-order valence-electron chi connectivity index (χ4n) is 1.73. The van der Waals surface area contributed by atoms with Gasteiger partial charge < -0.3 is 10.1 Å². The fourth-order valence-corrected chi connectivity index (χ4v) is 1.73. The third kappa shape index (κ3) is 4.88. The molecule has 7 nitrogen and oxygen atoms in total. The largest absolute Gasteiger partial charge is 0.411 e. The second kappa shape index (κ2) is 6.74. The van der Waals surface area contributed by atoms with Gasteiger partial charge in [0.1, 0.15) is 12.3 Å². The van der Waals surface area contributed by atoms with Crippen molar-refractivity contribution in [3.63, 3.8) is 0 Å². The highest BCUT2D eigenvalue weighted by Crippen LogP contribution is 2.32. The molecule has 0 bridgehead atoms. The van der Waals surface area contributed by atoms with Crippen molar-refractivity contribution in [3.8, 4) is 0 Å². The Balaban J connectivity index is 2.69. The number of hydrogen-bond donors (Lipinski definition) is 1. The second-order valence-corrected chi connectivity index (χ2v) is 4.71. The van der Waals surface area contributed by atoms with Crippen molar-refractivity contribution in [2.75, 3.05) is 25.1 Å². The van der Waals surface area contributed by atoms with Gasteiger partial charge in [-0.15, -0.1) is 0 Å². The summed E-state index contributed by atoms with van der Waals surface area (Å²) in [7, 11) is 1.53. The van der Waals surface area contributed by atoms with E-state index in [0.717, 1.165) is 0 Å². The summed E-state index contributed by atoms with van der Waals surface area (Å²) in [6.45, 7) is 1.98. The maximum atomic E-state index is 11.9. The lowest BCUT2D eigenvalue weighted by atomic mass is 10.1. The van der Waals surface area contributed by atoms with E-state index in [9.17, 15) is 23.3 Å². The Labute approximate surface area is 119 Å². The Hall–Kier alpha value is -1.84. The van der Waals surface area contributed by atoms with Crippen LogP contribution in [0.3, 0.4) is 0 Å². The van der Waals surface area contributed by atoms with E-state index in [1.54, 1.807) is 13.8 Å².